The summed E-state index contributed by atoms with van der Waals surface area (Å²) in [7, 11) is 0. The molecule has 0 saturated carbocycles. The molecule has 1 N–H and O–H groups in total. The smallest absolute Gasteiger partial charge is 0.329 e. The number of aryl methyl sites for hydroxylation is 1. The minimum atomic E-state index is -0.451. The van der Waals surface area contributed by atoms with Crippen molar-refractivity contribution < 1.29 is 14.0 Å². The van der Waals surface area contributed by atoms with Gasteiger partial charge >= 0.3 is 6.03 Å². The van der Waals surface area contributed by atoms with Crippen LogP contribution in [0.2, 0.25) is 5.02 Å². The third kappa shape index (κ3) is 4.64. The van der Waals surface area contributed by atoms with E-state index in [2.05, 4.69) is 21.2 Å². The number of furan rings is 1. The number of amides is 3. The fourth-order valence-corrected chi connectivity index (χ4v) is 4.31. The molecule has 4 rings (SSSR count). The van der Waals surface area contributed by atoms with Crippen LogP contribution in [-0.4, -0.2) is 16.8 Å². The molecular weight excluding hydrogens is 488 g/mol. The summed E-state index contributed by atoms with van der Waals surface area (Å²) in [6.07, 6.45) is 1.53. The SMILES string of the molecule is Cc1ccc(CN2C(=O)N/C(=C/c3cc(Br)c(Sc4ccc(Cl)cc4)o3)C2=O)cc1. The van der Waals surface area contributed by atoms with E-state index in [4.69, 9.17) is 16.0 Å². The van der Waals surface area contributed by atoms with Crippen LogP contribution in [0.4, 0.5) is 4.79 Å². The van der Waals surface area contributed by atoms with Crippen LogP contribution in [0.5, 0.6) is 0 Å². The highest BCUT2D eigenvalue weighted by Crippen LogP contribution is 2.37. The fourth-order valence-electron chi connectivity index (χ4n) is 2.85. The number of carbonyl (C=O) groups excluding carboxylic acids is 2. The lowest BCUT2D eigenvalue weighted by Crippen LogP contribution is -2.30. The van der Waals surface area contributed by atoms with Crippen molar-refractivity contribution in [2.45, 2.75) is 23.5 Å². The van der Waals surface area contributed by atoms with Crippen LogP contribution >= 0.6 is 39.3 Å². The first kappa shape index (κ1) is 20.8. The first-order valence-electron chi connectivity index (χ1n) is 9.02. The molecule has 0 unspecified atom stereocenters. The van der Waals surface area contributed by atoms with Crippen LogP contribution in [0, 0.1) is 6.92 Å². The van der Waals surface area contributed by atoms with E-state index in [1.165, 1.54) is 22.7 Å². The summed E-state index contributed by atoms with van der Waals surface area (Å²) in [4.78, 5) is 27.1. The number of rotatable bonds is 5. The van der Waals surface area contributed by atoms with E-state index in [1.807, 2.05) is 43.3 Å². The molecule has 1 aromatic heterocycles. The average Bonchev–Trinajstić information content (AvgIpc) is 3.19. The van der Waals surface area contributed by atoms with Gasteiger partial charge in [0.05, 0.1) is 11.0 Å². The van der Waals surface area contributed by atoms with Crippen molar-refractivity contribution >= 4 is 57.3 Å². The van der Waals surface area contributed by atoms with Crippen molar-refractivity contribution in [1.29, 1.82) is 0 Å². The van der Waals surface area contributed by atoms with E-state index in [0.717, 1.165) is 20.5 Å². The zero-order valence-corrected chi connectivity index (χ0v) is 19.0. The maximum Gasteiger partial charge on any atom is 0.329 e. The Labute approximate surface area is 191 Å². The minimum absolute atomic E-state index is 0.177. The van der Waals surface area contributed by atoms with Crippen LogP contribution in [-0.2, 0) is 11.3 Å². The monoisotopic (exact) mass is 502 g/mol. The van der Waals surface area contributed by atoms with Crippen LogP contribution in [0.1, 0.15) is 16.9 Å². The molecule has 8 heteroatoms. The fraction of sp³-hybridized carbons (Fsp3) is 0.0909. The largest absolute Gasteiger partial charge is 0.449 e. The van der Waals surface area contributed by atoms with E-state index in [1.54, 1.807) is 18.2 Å². The minimum Gasteiger partial charge on any atom is -0.449 e. The summed E-state index contributed by atoms with van der Waals surface area (Å²) in [5.74, 6) is 0.0687. The predicted octanol–water partition coefficient (Wildman–Crippen LogP) is 6.25. The molecule has 30 heavy (non-hydrogen) atoms. The number of nitrogens with one attached hydrogen (secondary N) is 1. The molecule has 2 aromatic carbocycles. The van der Waals surface area contributed by atoms with Gasteiger partial charge in [-0.2, -0.15) is 0 Å². The number of imide groups is 1. The van der Waals surface area contributed by atoms with Crippen LogP contribution < -0.4 is 5.32 Å². The highest BCUT2D eigenvalue weighted by Gasteiger charge is 2.33. The zero-order valence-electron chi connectivity index (χ0n) is 15.8. The lowest BCUT2D eigenvalue weighted by molar-refractivity contribution is -0.123. The van der Waals surface area contributed by atoms with Gasteiger partial charge in [-0.15, -0.1) is 0 Å². The maximum atomic E-state index is 12.7. The normalized spacial score (nSPS) is 15.2. The lowest BCUT2D eigenvalue weighted by atomic mass is 10.1. The number of hydrogen-bond donors (Lipinski definition) is 1. The Bertz CT molecular complexity index is 1140. The highest BCUT2D eigenvalue weighted by molar-refractivity contribution is 9.10. The predicted molar refractivity (Wildman–Crippen MR) is 120 cm³/mol. The number of nitrogens with zero attached hydrogens (tertiary/aromatic N) is 1. The number of urea groups is 1. The lowest BCUT2D eigenvalue weighted by Gasteiger charge is -2.11. The third-order valence-corrected chi connectivity index (χ3v) is 6.51. The molecule has 1 saturated heterocycles. The number of hydrogen-bond acceptors (Lipinski definition) is 4. The summed E-state index contributed by atoms with van der Waals surface area (Å²) in [5, 5.41) is 3.92. The Morgan fingerprint density at radius 1 is 1.13 bits per heavy atom. The van der Waals surface area contributed by atoms with Gasteiger partial charge in [0, 0.05) is 16.0 Å². The molecule has 5 nitrogen and oxygen atoms in total. The van der Waals surface area contributed by atoms with Gasteiger partial charge in [0.2, 0.25) is 0 Å². The van der Waals surface area contributed by atoms with Gasteiger partial charge in [-0.05, 0) is 58.7 Å². The number of carbonyl (C=O) groups is 2. The summed E-state index contributed by atoms with van der Waals surface area (Å²) in [6.45, 7) is 2.20. The van der Waals surface area contributed by atoms with E-state index in [0.29, 0.717) is 15.9 Å². The van der Waals surface area contributed by atoms with Crippen molar-refractivity contribution in [1.82, 2.24) is 10.2 Å². The zero-order chi connectivity index (χ0) is 21.3. The molecule has 1 aliphatic rings. The van der Waals surface area contributed by atoms with Gasteiger partial charge in [-0.3, -0.25) is 9.69 Å². The second-order valence-corrected chi connectivity index (χ2v) is 9.04. The number of benzene rings is 2. The highest BCUT2D eigenvalue weighted by atomic mass is 79.9. The van der Waals surface area contributed by atoms with Gasteiger partial charge in [0.1, 0.15) is 11.5 Å². The Morgan fingerprint density at radius 2 is 1.83 bits per heavy atom. The molecule has 2 heterocycles. The molecule has 0 aliphatic carbocycles. The topological polar surface area (TPSA) is 62.6 Å². The van der Waals surface area contributed by atoms with Crippen molar-refractivity contribution in [3.05, 3.63) is 86.7 Å². The molecule has 3 amide bonds. The van der Waals surface area contributed by atoms with Crippen LogP contribution in [0.15, 0.2) is 79.2 Å². The summed E-state index contributed by atoms with van der Waals surface area (Å²) in [5.41, 5.74) is 2.18. The van der Waals surface area contributed by atoms with E-state index in [-0.39, 0.29) is 18.1 Å². The molecule has 0 radical (unpaired) electrons. The van der Waals surface area contributed by atoms with Crippen molar-refractivity contribution in [3.8, 4) is 0 Å². The Hall–Kier alpha value is -2.48. The summed E-state index contributed by atoms with van der Waals surface area (Å²) < 4.78 is 6.60. The molecule has 3 aromatic rings. The van der Waals surface area contributed by atoms with E-state index < -0.39 is 6.03 Å². The van der Waals surface area contributed by atoms with E-state index in [9.17, 15) is 9.59 Å². The van der Waals surface area contributed by atoms with E-state index >= 15 is 0 Å². The average molecular weight is 504 g/mol. The second kappa shape index (κ2) is 8.71. The third-order valence-electron chi connectivity index (χ3n) is 4.41. The van der Waals surface area contributed by atoms with Gasteiger partial charge in [0.15, 0.2) is 5.09 Å². The summed E-state index contributed by atoms with van der Waals surface area (Å²) in [6, 6.07) is 16.4. The summed E-state index contributed by atoms with van der Waals surface area (Å²) >= 11 is 10.8. The molecule has 0 atom stereocenters. The maximum absolute atomic E-state index is 12.7. The molecule has 1 aliphatic heterocycles. The van der Waals surface area contributed by atoms with Gasteiger partial charge in [-0.1, -0.05) is 53.2 Å². The molecule has 0 bridgehead atoms. The molecular formula is C22H16BrClN2O3S. The van der Waals surface area contributed by atoms with Gasteiger partial charge < -0.3 is 9.73 Å². The van der Waals surface area contributed by atoms with Crippen molar-refractivity contribution in [2.24, 2.45) is 0 Å². The van der Waals surface area contributed by atoms with Crippen molar-refractivity contribution in [2.75, 3.05) is 0 Å². The van der Waals surface area contributed by atoms with Crippen LogP contribution in [0.3, 0.4) is 0 Å². The quantitative estimate of drug-likeness (QED) is 0.330. The van der Waals surface area contributed by atoms with Gasteiger partial charge in [0.25, 0.3) is 5.91 Å². The molecule has 152 valence electrons. The molecule has 0 spiro atoms. The first-order chi connectivity index (χ1) is 14.4. The standard InChI is InChI=1S/C22H16BrClN2O3S/c1-13-2-4-14(5-3-13)12-26-20(27)19(25-22(26)28)11-16-10-18(23)21(29-16)30-17-8-6-15(24)7-9-17/h2-11H,12H2,1H3,(H,25,28)/b19-11+. The Morgan fingerprint density at radius 3 is 2.53 bits per heavy atom. The molecule has 1 fully saturated rings. The van der Waals surface area contributed by atoms with Gasteiger partial charge in [-0.25, -0.2) is 4.79 Å². The Balaban J connectivity index is 1.50. The number of halogens is 2. The second-order valence-electron chi connectivity index (χ2n) is 6.71. The first-order valence-corrected chi connectivity index (χ1v) is 11.0. The van der Waals surface area contributed by atoms with Crippen LogP contribution in [0.25, 0.3) is 6.08 Å². The van der Waals surface area contributed by atoms with Crippen molar-refractivity contribution in [3.63, 3.8) is 0 Å². The Kier molecular flexibility index (Phi) is 6.04.